The minimum atomic E-state index is 0.0121. The number of fused-ring (bicyclic) bond motifs is 1. The number of aromatic nitrogens is 1. The number of para-hydroxylation sites is 1. The first-order chi connectivity index (χ1) is 11.9. The van der Waals surface area contributed by atoms with Crippen LogP contribution in [0.15, 0.2) is 60.8 Å². The minimum Gasteiger partial charge on any atom is -0.324 e. The van der Waals surface area contributed by atoms with Gasteiger partial charge >= 0.3 is 0 Å². The molecule has 0 saturated heterocycles. The standard InChI is InChI=1S/C22H24N2O/c1-22(2,3)18-12-9-16(10-13-18)11-14-20(25)24-19-8-4-6-17-7-5-15-23-21(17)19/h4-10,12-13,15H,11,14H2,1-3H3,(H,24,25). The van der Waals surface area contributed by atoms with Gasteiger partial charge in [0.15, 0.2) is 0 Å². The summed E-state index contributed by atoms with van der Waals surface area (Å²) in [5.41, 5.74) is 4.23. The molecule has 25 heavy (non-hydrogen) atoms. The molecule has 0 aliphatic carbocycles. The number of pyridine rings is 1. The molecular formula is C22H24N2O. The number of aryl methyl sites for hydroxylation is 1. The van der Waals surface area contributed by atoms with E-state index >= 15 is 0 Å². The SMILES string of the molecule is CC(C)(C)c1ccc(CCC(=O)Nc2cccc3cccnc23)cc1. The van der Waals surface area contributed by atoms with Crippen LogP contribution in [0.25, 0.3) is 10.9 Å². The molecule has 1 aromatic heterocycles. The lowest BCUT2D eigenvalue weighted by Crippen LogP contribution is -2.13. The van der Waals surface area contributed by atoms with Gasteiger partial charge in [0.05, 0.1) is 11.2 Å². The molecule has 0 unspecified atom stereocenters. The van der Waals surface area contributed by atoms with Crippen molar-refractivity contribution < 1.29 is 4.79 Å². The molecule has 0 radical (unpaired) electrons. The smallest absolute Gasteiger partial charge is 0.224 e. The lowest BCUT2D eigenvalue weighted by Gasteiger charge is -2.19. The number of carbonyl (C=O) groups excluding carboxylic acids is 1. The molecule has 0 aliphatic rings. The number of hydrogen-bond acceptors (Lipinski definition) is 2. The normalized spacial score (nSPS) is 11.5. The van der Waals surface area contributed by atoms with Crippen LogP contribution in [0.5, 0.6) is 0 Å². The van der Waals surface area contributed by atoms with Gasteiger partial charge in [0.1, 0.15) is 0 Å². The summed E-state index contributed by atoms with van der Waals surface area (Å²) in [5.74, 6) is 0.0121. The first-order valence-corrected chi connectivity index (χ1v) is 8.66. The molecule has 2 aromatic carbocycles. The molecule has 1 N–H and O–H groups in total. The van der Waals surface area contributed by atoms with E-state index in [0.717, 1.165) is 23.0 Å². The summed E-state index contributed by atoms with van der Waals surface area (Å²) in [6.07, 6.45) is 2.93. The third kappa shape index (κ3) is 4.24. The van der Waals surface area contributed by atoms with Crippen molar-refractivity contribution in [3.05, 3.63) is 71.9 Å². The van der Waals surface area contributed by atoms with Gasteiger partial charge < -0.3 is 5.32 Å². The van der Waals surface area contributed by atoms with Crippen LogP contribution in [0.2, 0.25) is 0 Å². The summed E-state index contributed by atoms with van der Waals surface area (Å²) >= 11 is 0. The fraction of sp³-hybridized carbons (Fsp3) is 0.273. The molecule has 1 heterocycles. The largest absolute Gasteiger partial charge is 0.324 e. The Bertz CT molecular complexity index is 871. The summed E-state index contributed by atoms with van der Waals surface area (Å²) in [4.78, 5) is 16.7. The number of anilines is 1. The zero-order valence-electron chi connectivity index (χ0n) is 15.0. The molecular weight excluding hydrogens is 308 g/mol. The van der Waals surface area contributed by atoms with E-state index in [-0.39, 0.29) is 11.3 Å². The van der Waals surface area contributed by atoms with Gasteiger partial charge in [-0.2, -0.15) is 0 Å². The van der Waals surface area contributed by atoms with Crippen LogP contribution in [0.4, 0.5) is 5.69 Å². The molecule has 128 valence electrons. The topological polar surface area (TPSA) is 42.0 Å². The van der Waals surface area contributed by atoms with E-state index in [1.807, 2.05) is 30.3 Å². The maximum absolute atomic E-state index is 12.3. The lowest BCUT2D eigenvalue weighted by atomic mass is 9.86. The molecule has 0 saturated carbocycles. The van der Waals surface area contributed by atoms with E-state index in [2.05, 4.69) is 55.3 Å². The highest BCUT2D eigenvalue weighted by Gasteiger charge is 2.13. The van der Waals surface area contributed by atoms with Crippen molar-refractivity contribution in [2.24, 2.45) is 0 Å². The predicted octanol–water partition coefficient (Wildman–Crippen LogP) is 5.10. The second-order valence-corrected chi connectivity index (χ2v) is 7.38. The molecule has 3 heteroatoms. The molecule has 0 fully saturated rings. The van der Waals surface area contributed by atoms with Gasteiger partial charge in [-0.25, -0.2) is 0 Å². The Labute approximate surface area is 149 Å². The average molecular weight is 332 g/mol. The Morgan fingerprint density at radius 1 is 1.00 bits per heavy atom. The quantitative estimate of drug-likeness (QED) is 0.722. The number of nitrogens with zero attached hydrogens (tertiary/aromatic N) is 1. The van der Waals surface area contributed by atoms with E-state index in [9.17, 15) is 4.79 Å². The number of amides is 1. The number of benzene rings is 2. The molecule has 0 spiro atoms. The highest BCUT2D eigenvalue weighted by atomic mass is 16.1. The zero-order chi connectivity index (χ0) is 17.9. The molecule has 3 aromatic rings. The van der Waals surface area contributed by atoms with Crippen molar-refractivity contribution >= 4 is 22.5 Å². The maximum Gasteiger partial charge on any atom is 0.224 e. The Morgan fingerprint density at radius 2 is 1.72 bits per heavy atom. The number of rotatable bonds is 4. The van der Waals surface area contributed by atoms with Crippen molar-refractivity contribution in [1.82, 2.24) is 4.98 Å². The van der Waals surface area contributed by atoms with Crippen molar-refractivity contribution in [3.8, 4) is 0 Å². The van der Waals surface area contributed by atoms with Crippen LogP contribution < -0.4 is 5.32 Å². The zero-order valence-corrected chi connectivity index (χ0v) is 15.0. The fourth-order valence-electron chi connectivity index (χ4n) is 2.85. The minimum absolute atomic E-state index is 0.0121. The Hall–Kier alpha value is -2.68. The van der Waals surface area contributed by atoms with E-state index in [1.165, 1.54) is 11.1 Å². The molecule has 0 aliphatic heterocycles. The second-order valence-electron chi connectivity index (χ2n) is 7.38. The number of carbonyl (C=O) groups is 1. The maximum atomic E-state index is 12.3. The van der Waals surface area contributed by atoms with Gasteiger partial charge in [-0.15, -0.1) is 0 Å². The summed E-state index contributed by atoms with van der Waals surface area (Å²) in [6, 6.07) is 18.3. The molecule has 3 rings (SSSR count). The van der Waals surface area contributed by atoms with Crippen molar-refractivity contribution in [2.45, 2.75) is 39.0 Å². The third-order valence-corrected chi connectivity index (χ3v) is 4.37. The van der Waals surface area contributed by atoms with Crippen molar-refractivity contribution in [2.75, 3.05) is 5.32 Å². The molecule has 1 amide bonds. The Balaban J connectivity index is 1.63. The van der Waals surface area contributed by atoms with Crippen LogP contribution in [-0.2, 0) is 16.6 Å². The monoisotopic (exact) mass is 332 g/mol. The average Bonchev–Trinajstić information content (AvgIpc) is 2.60. The Kier molecular flexibility index (Phi) is 4.84. The van der Waals surface area contributed by atoms with E-state index < -0.39 is 0 Å². The van der Waals surface area contributed by atoms with E-state index in [4.69, 9.17) is 0 Å². The van der Waals surface area contributed by atoms with Crippen molar-refractivity contribution in [1.29, 1.82) is 0 Å². The van der Waals surface area contributed by atoms with Gasteiger partial charge in [-0.3, -0.25) is 9.78 Å². The van der Waals surface area contributed by atoms with E-state index in [1.54, 1.807) is 6.20 Å². The second kappa shape index (κ2) is 7.06. The first-order valence-electron chi connectivity index (χ1n) is 8.66. The third-order valence-electron chi connectivity index (χ3n) is 4.37. The number of hydrogen-bond donors (Lipinski definition) is 1. The number of nitrogens with one attached hydrogen (secondary N) is 1. The van der Waals surface area contributed by atoms with Gasteiger partial charge in [0.25, 0.3) is 0 Å². The van der Waals surface area contributed by atoms with Crippen LogP contribution in [-0.4, -0.2) is 10.9 Å². The summed E-state index contributed by atoms with van der Waals surface area (Å²) < 4.78 is 0. The summed E-state index contributed by atoms with van der Waals surface area (Å²) in [5, 5.41) is 4.02. The highest BCUT2D eigenvalue weighted by molar-refractivity contribution is 6.00. The first kappa shape index (κ1) is 17.2. The van der Waals surface area contributed by atoms with Gasteiger partial charge in [0.2, 0.25) is 5.91 Å². The van der Waals surface area contributed by atoms with Gasteiger partial charge in [-0.1, -0.05) is 63.2 Å². The Morgan fingerprint density at radius 3 is 2.44 bits per heavy atom. The lowest BCUT2D eigenvalue weighted by molar-refractivity contribution is -0.116. The molecule has 0 atom stereocenters. The summed E-state index contributed by atoms with van der Waals surface area (Å²) in [7, 11) is 0. The van der Waals surface area contributed by atoms with Gasteiger partial charge in [-0.05, 0) is 35.1 Å². The fourth-order valence-corrected chi connectivity index (χ4v) is 2.85. The van der Waals surface area contributed by atoms with Crippen LogP contribution in [0, 0.1) is 0 Å². The molecule has 3 nitrogen and oxygen atoms in total. The van der Waals surface area contributed by atoms with Crippen molar-refractivity contribution in [3.63, 3.8) is 0 Å². The van der Waals surface area contributed by atoms with Gasteiger partial charge in [0, 0.05) is 18.0 Å². The van der Waals surface area contributed by atoms with Crippen LogP contribution in [0.1, 0.15) is 38.3 Å². The summed E-state index contributed by atoms with van der Waals surface area (Å²) in [6.45, 7) is 6.61. The highest BCUT2D eigenvalue weighted by Crippen LogP contribution is 2.23. The van der Waals surface area contributed by atoms with Crippen LogP contribution >= 0.6 is 0 Å². The van der Waals surface area contributed by atoms with E-state index in [0.29, 0.717) is 6.42 Å². The van der Waals surface area contributed by atoms with Crippen LogP contribution in [0.3, 0.4) is 0 Å². The predicted molar refractivity (Wildman–Crippen MR) is 104 cm³/mol. The molecule has 0 bridgehead atoms.